The zero-order chi connectivity index (χ0) is 16.2. The average Bonchev–Trinajstić information content (AvgIpc) is 3.24. The smallest absolute Gasteiger partial charge is 0.333 e. The average molecular weight is 318 g/mol. The van der Waals surface area contributed by atoms with Gasteiger partial charge in [-0.2, -0.15) is 19.0 Å². The first kappa shape index (κ1) is 14.8. The van der Waals surface area contributed by atoms with Crippen LogP contribution in [0.2, 0.25) is 0 Å². The van der Waals surface area contributed by atoms with Crippen LogP contribution in [-0.4, -0.2) is 30.5 Å². The van der Waals surface area contributed by atoms with Gasteiger partial charge >= 0.3 is 6.55 Å². The van der Waals surface area contributed by atoms with E-state index in [4.69, 9.17) is 0 Å². The summed E-state index contributed by atoms with van der Waals surface area (Å²) >= 11 is 0. The molecule has 0 saturated heterocycles. The van der Waals surface area contributed by atoms with Gasteiger partial charge in [-0.05, 0) is 17.7 Å². The second-order valence-corrected chi connectivity index (χ2v) is 4.61. The fraction of sp³-hybridized carbons (Fsp3) is 0.143. The number of carbonyl (C=O) groups is 1. The van der Waals surface area contributed by atoms with E-state index in [2.05, 4.69) is 20.5 Å². The summed E-state index contributed by atoms with van der Waals surface area (Å²) in [4.78, 5) is 15.9. The Morgan fingerprint density at radius 2 is 2.09 bits per heavy atom. The first-order valence-electron chi connectivity index (χ1n) is 6.69. The third-order valence-corrected chi connectivity index (χ3v) is 3.14. The van der Waals surface area contributed by atoms with Gasteiger partial charge in [-0.25, -0.2) is 14.3 Å². The molecule has 23 heavy (non-hydrogen) atoms. The lowest BCUT2D eigenvalue weighted by atomic mass is 10.1. The van der Waals surface area contributed by atoms with Crippen LogP contribution in [0.4, 0.5) is 8.78 Å². The number of amides is 1. The molecule has 3 rings (SSSR count). The second kappa shape index (κ2) is 6.34. The molecule has 9 heteroatoms. The van der Waals surface area contributed by atoms with Gasteiger partial charge in [0.15, 0.2) is 0 Å². The Kier molecular flexibility index (Phi) is 4.09. The number of nitrogens with one attached hydrogen (secondary N) is 1. The summed E-state index contributed by atoms with van der Waals surface area (Å²) in [5.41, 5.74) is 1.51. The van der Waals surface area contributed by atoms with Crippen molar-refractivity contribution >= 4 is 5.91 Å². The van der Waals surface area contributed by atoms with Gasteiger partial charge in [0.1, 0.15) is 18.3 Å². The summed E-state index contributed by atoms with van der Waals surface area (Å²) in [6.07, 6.45) is 4.01. The van der Waals surface area contributed by atoms with E-state index in [1.54, 1.807) is 11.0 Å². The van der Waals surface area contributed by atoms with Gasteiger partial charge in [0.2, 0.25) is 0 Å². The molecule has 0 aliphatic heterocycles. The normalized spacial score (nSPS) is 10.9. The van der Waals surface area contributed by atoms with E-state index in [-0.39, 0.29) is 12.2 Å². The van der Waals surface area contributed by atoms with Gasteiger partial charge in [0.25, 0.3) is 5.91 Å². The van der Waals surface area contributed by atoms with E-state index in [9.17, 15) is 13.6 Å². The maximum Gasteiger partial charge on any atom is 0.333 e. The molecule has 1 aromatic carbocycles. The van der Waals surface area contributed by atoms with Crippen LogP contribution in [-0.2, 0) is 6.54 Å². The zero-order valence-corrected chi connectivity index (χ0v) is 11.8. The van der Waals surface area contributed by atoms with Crippen LogP contribution in [0, 0.1) is 0 Å². The molecule has 7 nitrogen and oxygen atoms in total. The monoisotopic (exact) mass is 318 g/mol. The number of alkyl halides is 2. The molecule has 0 radical (unpaired) electrons. The topological polar surface area (TPSA) is 77.6 Å². The van der Waals surface area contributed by atoms with Crippen LogP contribution in [0.1, 0.15) is 22.6 Å². The molecule has 3 aromatic rings. The summed E-state index contributed by atoms with van der Waals surface area (Å²) in [7, 11) is 0. The molecule has 0 aliphatic carbocycles. The van der Waals surface area contributed by atoms with E-state index in [1.165, 1.54) is 12.4 Å². The molecular formula is C14H12F2N6O. The lowest BCUT2D eigenvalue weighted by Gasteiger charge is -2.09. The molecule has 1 N–H and O–H groups in total. The molecular weight excluding hydrogens is 306 g/mol. The predicted octanol–water partition coefficient (Wildman–Crippen LogP) is 1.79. The quantitative estimate of drug-likeness (QED) is 0.778. The zero-order valence-electron chi connectivity index (χ0n) is 11.8. The Labute approximate surface area is 129 Å². The SMILES string of the molecule is O=C(NCc1ccccc1-n1cncn1)c1ccn(C(F)F)n1. The number of carbonyl (C=O) groups excluding carboxylic acids is 1. The van der Waals surface area contributed by atoms with E-state index in [0.717, 1.165) is 17.4 Å². The third-order valence-electron chi connectivity index (χ3n) is 3.14. The van der Waals surface area contributed by atoms with Crippen LogP contribution in [0.5, 0.6) is 0 Å². The molecule has 2 heterocycles. The minimum Gasteiger partial charge on any atom is -0.346 e. The minimum absolute atomic E-state index is 0.0662. The fourth-order valence-corrected chi connectivity index (χ4v) is 2.05. The van der Waals surface area contributed by atoms with Gasteiger partial charge < -0.3 is 5.32 Å². The molecule has 0 atom stereocenters. The van der Waals surface area contributed by atoms with Crippen molar-refractivity contribution in [2.75, 3.05) is 0 Å². The highest BCUT2D eigenvalue weighted by molar-refractivity contribution is 5.92. The number of rotatable bonds is 5. The molecule has 0 saturated carbocycles. The third kappa shape index (κ3) is 3.23. The lowest BCUT2D eigenvalue weighted by Crippen LogP contribution is -2.24. The van der Waals surface area contributed by atoms with Crippen molar-refractivity contribution < 1.29 is 13.6 Å². The maximum absolute atomic E-state index is 12.5. The second-order valence-electron chi connectivity index (χ2n) is 4.61. The van der Waals surface area contributed by atoms with Crippen molar-refractivity contribution in [3.8, 4) is 5.69 Å². The number of benzene rings is 1. The fourth-order valence-electron chi connectivity index (χ4n) is 2.05. The first-order chi connectivity index (χ1) is 11.1. The standard InChI is InChI=1S/C14H12F2N6O/c15-14(16)21-6-5-11(20-21)13(23)18-7-10-3-1-2-4-12(10)22-9-17-8-19-22/h1-6,8-9,14H,7H2,(H,18,23). The van der Waals surface area contributed by atoms with Gasteiger partial charge in [-0.1, -0.05) is 18.2 Å². The van der Waals surface area contributed by atoms with Crippen LogP contribution in [0.3, 0.4) is 0 Å². The Morgan fingerprint density at radius 1 is 1.26 bits per heavy atom. The molecule has 0 spiro atoms. The minimum atomic E-state index is -2.77. The molecule has 0 unspecified atom stereocenters. The molecule has 0 fully saturated rings. The Bertz CT molecular complexity index is 799. The maximum atomic E-state index is 12.5. The highest BCUT2D eigenvalue weighted by atomic mass is 19.3. The molecule has 0 bridgehead atoms. The lowest BCUT2D eigenvalue weighted by molar-refractivity contribution is 0.0560. The van der Waals surface area contributed by atoms with Crippen molar-refractivity contribution in [1.29, 1.82) is 0 Å². The van der Waals surface area contributed by atoms with E-state index < -0.39 is 12.5 Å². The van der Waals surface area contributed by atoms with Gasteiger partial charge in [0.05, 0.1) is 5.69 Å². The Morgan fingerprint density at radius 3 is 2.78 bits per heavy atom. The van der Waals surface area contributed by atoms with E-state index in [1.807, 2.05) is 24.3 Å². The van der Waals surface area contributed by atoms with Crippen molar-refractivity contribution in [3.63, 3.8) is 0 Å². The van der Waals surface area contributed by atoms with Gasteiger partial charge in [0, 0.05) is 12.7 Å². The van der Waals surface area contributed by atoms with Crippen LogP contribution in [0.25, 0.3) is 5.69 Å². The van der Waals surface area contributed by atoms with Crippen molar-refractivity contribution in [3.05, 3.63) is 60.4 Å². The highest BCUT2D eigenvalue weighted by Crippen LogP contribution is 2.13. The highest BCUT2D eigenvalue weighted by Gasteiger charge is 2.14. The van der Waals surface area contributed by atoms with Crippen LogP contribution in [0.15, 0.2) is 49.2 Å². The van der Waals surface area contributed by atoms with Gasteiger partial charge in [-0.15, -0.1) is 0 Å². The summed E-state index contributed by atoms with van der Waals surface area (Å²) in [6, 6.07) is 8.57. The number of aromatic nitrogens is 5. The summed E-state index contributed by atoms with van der Waals surface area (Å²) in [5.74, 6) is -0.530. The summed E-state index contributed by atoms with van der Waals surface area (Å²) in [5, 5.41) is 10.2. The number of hydrogen-bond donors (Lipinski definition) is 1. The summed E-state index contributed by atoms with van der Waals surface area (Å²) < 4.78 is 26.9. The number of halogens is 2. The van der Waals surface area contributed by atoms with Crippen molar-refractivity contribution in [2.24, 2.45) is 0 Å². The predicted molar refractivity (Wildman–Crippen MR) is 76.0 cm³/mol. The molecule has 0 aliphatic rings. The number of nitrogens with zero attached hydrogens (tertiary/aromatic N) is 5. The number of hydrogen-bond acceptors (Lipinski definition) is 4. The number of para-hydroxylation sites is 1. The van der Waals surface area contributed by atoms with Crippen molar-refractivity contribution in [2.45, 2.75) is 13.1 Å². The van der Waals surface area contributed by atoms with E-state index in [0.29, 0.717) is 4.68 Å². The Hall–Kier alpha value is -3.10. The largest absolute Gasteiger partial charge is 0.346 e. The molecule has 118 valence electrons. The molecule has 1 amide bonds. The van der Waals surface area contributed by atoms with Crippen molar-refractivity contribution in [1.82, 2.24) is 29.9 Å². The first-order valence-corrected chi connectivity index (χ1v) is 6.69. The summed E-state index contributed by atoms with van der Waals surface area (Å²) in [6.45, 7) is -2.57. The molecule has 2 aromatic heterocycles. The van der Waals surface area contributed by atoms with Crippen LogP contribution >= 0.6 is 0 Å². The Balaban J connectivity index is 1.72. The van der Waals surface area contributed by atoms with Crippen LogP contribution < -0.4 is 5.32 Å². The van der Waals surface area contributed by atoms with Gasteiger partial charge in [-0.3, -0.25) is 4.79 Å². The van der Waals surface area contributed by atoms with E-state index >= 15 is 0 Å².